The molecule has 1 atom stereocenters. The third kappa shape index (κ3) is 4.24. The Balaban J connectivity index is 1.94. The van der Waals surface area contributed by atoms with Crippen LogP contribution in [0.25, 0.3) is 0 Å². The molecule has 1 saturated heterocycles. The van der Waals surface area contributed by atoms with E-state index in [1.165, 1.54) is 4.31 Å². The largest absolute Gasteiger partial charge is 0.338 e. The van der Waals surface area contributed by atoms with E-state index in [0.717, 1.165) is 32.4 Å². The van der Waals surface area contributed by atoms with Crippen molar-refractivity contribution in [3.05, 3.63) is 11.7 Å². The van der Waals surface area contributed by atoms with Crippen molar-refractivity contribution in [3.8, 4) is 0 Å². The van der Waals surface area contributed by atoms with Gasteiger partial charge in [0, 0.05) is 14.1 Å². The molecule has 2 rings (SSSR count). The lowest BCUT2D eigenvalue weighted by Gasteiger charge is -2.33. The van der Waals surface area contributed by atoms with Gasteiger partial charge in [-0.25, -0.2) is 12.7 Å². The molecule has 2 heterocycles. The van der Waals surface area contributed by atoms with E-state index < -0.39 is 10.0 Å². The maximum absolute atomic E-state index is 11.8. The molecule has 8 heteroatoms. The molecular weight excluding hydrogens is 292 g/mol. The van der Waals surface area contributed by atoms with Gasteiger partial charge in [-0.15, -0.1) is 0 Å². The molecule has 0 unspecified atom stereocenters. The molecule has 1 aromatic rings. The number of hydrogen-bond acceptors (Lipinski definition) is 6. The average Bonchev–Trinajstić information content (AvgIpc) is 2.85. The highest BCUT2D eigenvalue weighted by Crippen LogP contribution is 2.29. The predicted molar refractivity (Wildman–Crippen MR) is 79.3 cm³/mol. The van der Waals surface area contributed by atoms with Gasteiger partial charge in [-0.05, 0) is 39.3 Å². The van der Waals surface area contributed by atoms with E-state index in [9.17, 15) is 8.42 Å². The minimum absolute atomic E-state index is 0.127. The zero-order valence-corrected chi connectivity index (χ0v) is 13.8. The first-order chi connectivity index (χ1) is 9.90. The topological polar surface area (TPSA) is 79.5 Å². The summed E-state index contributed by atoms with van der Waals surface area (Å²) in [6.07, 6.45) is 3.87. The quantitative estimate of drug-likeness (QED) is 0.784. The van der Waals surface area contributed by atoms with Gasteiger partial charge in [0.05, 0.1) is 11.8 Å². The Morgan fingerprint density at radius 3 is 2.76 bits per heavy atom. The van der Waals surface area contributed by atoms with Gasteiger partial charge in [-0.3, -0.25) is 4.90 Å². The minimum Gasteiger partial charge on any atom is -0.338 e. The van der Waals surface area contributed by atoms with Crippen LogP contribution in [0.2, 0.25) is 0 Å². The Morgan fingerprint density at radius 2 is 2.14 bits per heavy atom. The number of likely N-dealkylation sites (tertiary alicyclic amines) is 1. The fourth-order valence-electron chi connectivity index (χ4n) is 2.62. The van der Waals surface area contributed by atoms with Crippen LogP contribution < -0.4 is 0 Å². The van der Waals surface area contributed by atoms with Crippen molar-refractivity contribution < 1.29 is 12.9 Å². The van der Waals surface area contributed by atoms with Gasteiger partial charge >= 0.3 is 0 Å². The van der Waals surface area contributed by atoms with Gasteiger partial charge in [-0.1, -0.05) is 11.6 Å². The van der Waals surface area contributed by atoms with Crippen molar-refractivity contribution in [3.63, 3.8) is 0 Å². The summed E-state index contributed by atoms with van der Waals surface area (Å²) in [6, 6.07) is 0.127. The van der Waals surface area contributed by atoms with Gasteiger partial charge in [0.25, 0.3) is 0 Å². The third-order valence-electron chi connectivity index (χ3n) is 3.85. The van der Waals surface area contributed by atoms with Crippen LogP contribution in [0.4, 0.5) is 0 Å². The van der Waals surface area contributed by atoms with Gasteiger partial charge in [0.1, 0.15) is 0 Å². The molecule has 0 radical (unpaired) electrons. The summed E-state index contributed by atoms with van der Waals surface area (Å²) in [4.78, 5) is 6.59. The van der Waals surface area contributed by atoms with Crippen LogP contribution >= 0.6 is 0 Å². The summed E-state index contributed by atoms with van der Waals surface area (Å²) in [7, 11) is 0.0176. The highest BCUT2D eigenvalue weighted by molar-refractivity contribution is 7.89. The van der Waals surface area contributed by atoms with Crippen molar-refractivity contribution >= 4 is 10.0 Å². The molecule has 1 fully saturated rings. The second kappa shape index (κ2) is 6.85. The molecule has 0 spiro atoms. The van der Waals surface area contributed by atoms with E-state index in [1.54, 1.807) is 14.1 Å². The van der Waals surface area contributed by atoms with Crippen LogP contribution in [0.15, 0.2) is 4.52 Å². The second-order valence-corrected chi connectivity index (χ2v) is 7.98. The fourth-order valence-corrected chi connectivity index (χ4v) is 3.48. The van der Waals surface area contributed by atoms with Gasteiger partial charge in [0.15, 0.2) is 5.82 Å². The normalized spacial score (nSPS) is 21.0. The zero-order chi connectivity index (χ0) is 15.5. The molecule has 120 valence electrons. The fraction of sp³-hybridized carbons (Fsp3) is 0.846. The minimum atomic E-state index is -3.12. The molecule has 7 nitrogen and oxygen atoms in total. The van der Waals surface area contributed by atoms with Crippen molar-refractivity contribution in [2.75, 3.05) is 32.9 Å². The van der Waals surface area contributed by atoms with Crippen LogP contribution in [-0.2, 0) is 10.0 Å². The van der Waals surface area contributed by atoms with Gasteiger partial charge in [0.2, 0.25) is 15.9 Å². The number of piperidine rings is 1. The number of rotatable bonds is 6. The number of aromatic nitrogens is 2. The van der Waals surface area contributed by atoms with Crippen molar-refractivity contribution in [2.24, 2.45) is 0 Å². The third-order valence-corrected chi connectivity index (χ3v) is 5.76. The van der Waals surface area contributed by atoms with Crippen LogP contribution in [0.3, 0.4) is 0 Å². The molecule has 1 aliphatic heterocycles. The van der Waals surface area contributed by atoms with E-state index in [4.69, 9.17) is 4.52 Å². The second-order valence-electron chi connectivity index (χ2n) is 5.68. The zero-order valence-electron chi connectivity index (χ0n) is 12.9. The molecule has 0 N–H and O–H groups in total. The lowest BCUT2D eigenvalue weighted by molar-refractivity contribution is 0.119. The van der Waals surface area contributed by atoms with Crippen molar-refractivity contribution in [1.82, 2.24) is 19.3 Å². The molecule has 1 aliphatic rings. The van der Waals surface area contributed by atoms with E-state index in [1.807, 2.05) is 6.92 Å². The summed E-state index contributed by atoms with van der Waals surface area (Å²) in [6.45, 7) is 3.50. The molecule has 0 bridgehead atoms. The number of sulfonamides is 1. The maximum Gasteiger partial charge on any atom is 0.243 e. The summed E-state index contributed by atoms with van der Waals surface area (Å²) in [5.74, 6) is 1.47. The molecular formula is C13H24N4O3S. The molecule has 0 aliphatic carbocycles. The summed E-state index contributed by atoms with van der Waals surface area (Å²) in [5, 5.41) is 3.85. The maximum atomic E-state index is 11.8. The van der Waals surface area contributed by atoms with E-state index in [2.05, 4.69) is 15.0 Å². The molecule has 0 amide bonds. The summed E-state index contributed by atoms with van der Waals surface area (Å²) in [5.41, 5.74) is 0. The SMILES string of the molecule is Cc1noc([C@@H]2CCCCN2CCCS(=O)(=O)N(C)C)n1. The number of nitrogens with zero attached hydrogens (tertiary/aromatic N) is 4. The van der Waals surface area contributed by atoms with E-state index >= 15 is 0 Å². The van der Waals surface area contributed by atoms with Gasteiger partial charge < -0.3 is 4.52 Å². The smallest absolute Gasteiger partial charge is 0.243 e. The Morgan fingerprint density at radius 1 is 1.38 bits per heavy atom. The molecule has 1 aromatic heterocycles. The lowest BCUT2D eigenvalue weighted by atomic mass is 10.0. The number of hydrogen-bond donors (Lipinski definition) is 0. The van der Waals surface area contributed by atoms with Crippen LogP contribution in [-0.4, -0.2) is 60.7 Å². The van der Waals surface area contributed by atoms with E-state index in [0.29, 0.717) is 18.1 Å². The van der Waals surface area contributed by atoms with Crippen LogP contribution in [0.1, 0.15) is 43.4 Å². The molecule has 0 aromatic carbocycles. The standard InChI is InChI=1S/C13H24N4O3S/c1-11-14-13(20-15-11)12-7-4-5-8-17(12)9-6-10-21(18,19)16(2)3/h12H,4-10H2,1-3H3/t12-/m0/s1. The Bertz CT molecular complexity index is 556. The number of aryl methyl sites for hydroxylation is 1. The Labute approximate surface area is 126 Å². The highest BCUT2D eigenvalue weighted by atomic mass is 32.2. The first-order valence-corrected chi connectivity index (χ1v) is 8.95. The van der Waals surface area contributed by atoms with Gasteiger partial charge in [-0.2, -0.15) is 4.98 Å². The Hall–Kier alpha value is -0.990. The first-order valence-electron chi connectivity index (χ1n) is 7.34. The van der Waals surface area contributed by atoms with Crippen LogP contribution in [0.5, 0.6) is 0 Å². The van der Waals surface area contributed by atoms with E-state index in [-0.39, 0.29) is 11.8 Å². The molecule has 0 saturated carbocycles. The van der Waals surface area contributed by atoms with Crippen LogP contribution in [0, 0.1) is 6.92 Å². The average molecular weight is 316 g/mol. The molecule has 21 heavy (non-hydrogen) atoms. The summed E-state index contributed by atoms with van der Waals surface area (Å²) >= 11 is 0. The Kier molecular flexibility index (Phi) is 5.34. The summed E-state index contributed by atoms with van der Waals surface area (Å²) < 4.78 is 30.2. The monoisotopic (exact) mass is 316 g/mol. The predicted octanol–water partition coefficient (Wildman–Crippen LogP) is 1.19. The first kappa shape index (κ1) is 16.4. The lowest BCUT2D eigenvalue weighted by Crippen LogP contribution is -2.36. The van der Waals surface area contributed by atoms with Crippen molar-refractivity contribution in [1.29, 1.82) is 0 Å². The van der Waals surface area contributed by atoms with Crippen molar-refractivity contribution in [2.45, 2.75) is 38.6 Å². The highest BCUT2D eigenvalue weighted by Gasteiger charge is 2.28.